The predicted octanol–water partition coefficient (Wildman–Crippen LogP) is 2.48. The molecule has 2 aromatic rings. The molecule has 1 atom stereocenters. The van der Waals surface area contributed by atoms with E-state index in [1.54, 1.807) is 24.3 Å². The second-order valence-electron chi connectivity index (χ2n) is 5.56. The van der Waals surface area contributed by atoms with E-state index in [9.17, 15) is 9.59 Å². The number of esters is 1. The number of hydrogen-bond donors (Lipinski definition) is 2. The highest BCUT2D eigenvalue weighted by Gasteiger charge is 2.21. The molecule has 0 aliphatic heterocycles. The second-order valence-corrected chi connectivity index (χ2v) is 5.56. The maximum atomic E-state index is 12.4. The first-order valence-corrected chi connectivity index (χ1v) is 8.07. The normalized spacial score (nSPS) is 11.3. The fourth-order valence-corrected chi connectivity index (χ4v) is 2.29. The van der Waals surface area contributed by atoms with Gasteiger partial charge in [-0.3, -0.25) is 4.79 Å². The van der Waals surface area contributed by atoms with Crippen LogP contribution in [0.1, 0.15) is 17.3 Å². The van der Waals surface area contributed by atoms with E-state index in [1.807, 2.05) is 0 Å². The minimum atomic E-state index is -1.04. The van der Waals surface area contributed by atoms with Gasteiger partial charge in [0.2, 0.25) is 0 Å². The Labute approximate surface area is 157 Å². The van der Waals surface area contributed by atoms with Gasteiger partial charge in [0.1, 0.15) is 17.2 Å². The van der Waals surface area contributed by atoms with Crippen LogP contribution in [-0.4, -0.2) is 39.3 Å². The van der Waals surface area contributed by atoms with E-state index in [1.165, 1.54) is 40.4 Å². The molecule has 0 bridgehead atoms. The summed E-state index contributed by atoms with van der Waals surface area (Å²) in [6.07, 6.45) is -1.04. The molecule has 2 rings (SSSR count). The molecule has 2 aromatic carbocycles. The van der Waals surface area contributed by atoms with Crippen LogP contribution in [0.5, 0.6) is 17.2 Å². The molecule has 0 saturated carbocycles. The third-order valence-corrected chi connectivity index (χ3v) is 3.78. The summed E-state index contributed by atoms with van der Waals surface area (Å²) >= 11 is 0. The first kappa shape index (κ1) is 19.9. The predicted molar refractivity (Wildman–Crippen MR) is 100 cm³/mol. The summed E-state index contributed by atoms with van der Waals surface area (Å²) in [5.74, 6) is 0.249. The Kier molecular flexibility index (Phi) is 6.48. The summed E-state index contributed by atoms with van der Waals surface area (Å²) in [6.45, 7) is 1.47. The Morgan fingerprint density at radius 2 is 1.63 bits per heavy atom. The van der Waals surface area contributed by atoms with Gasteiger partial charge >= 0.3 is 5.97 Å². The molecule has 0 fully saturated rings. The lowest BCUT2D eigenvalue weighted by atomic mass is 10.2. The lowest BCUT2D eigenvalue weighted by molar-refractivity contribution is -0.123. The van der Waals surface area contributed by atoms with E-state index in [0.29, 0.717) is 28.6 Å². The highest BCUT2D eigenvalue weighted by Crippen LogP contribution is 2.29. The molecule has 3 N–H and O–H groups in total. The number of carbonyl (C=O) groups is 2. The lowest BCUT2D eigenvalue weighted by Gasteiger charge is -2.16. The van der Waals surface area contributed by atoms with Gasteiger partial charge < -0.3 is 30.0 Å². The smallest absolute Gasteiger partial charge is 0.338 e. The number of hydrogen-bond acceptors (Lipinski definition) is 7. The monoisotopic (exact) mass is 374 g/mol. The zero-order valence-corrected chi connectivity index (χ0v) is 15.6. The molecule has 27 heavy (non-hydrogen) atoms. The number of rotatable bonds is 7. The van der Waals surface area contributed by atoms with Crippen molar-refractivity contribution in [2.75, 3.05) is 32.4 Å². The zero-order valence-electron chi connectivity index (χ0n) is 15.6. The van der Waals surface area contributed by atoms with E-state index in [0.717, 1.165) is 0 Å². The van der Waals surface area contributed by atoms with Crippen LogP contribution in [0.15, 0.2) is 36.4 Å². The molecule has 0 aliphatic carbocycles. The van der Waals surface area contributed by atoms with E-state index < -0.39 is 18.0 Å². The van der Waals surface area contributed by atoms with Gasteiger partial charge in [-0.1, -0.05) is 0 Å². The zero-order chi connectivity index (χ0) is 20.0. The number of nitrogens with one attached hydrogen (secondary N) is 1. The standard InChI is InChI=1S/C19H22N2O6/c1-11(27-19(23)12-5-7-16(25-3)14(20)9-12)18(22)21-15-10-13(24-2)6-8-17(15)26-4/h5-11H,20H2,1-4H3,(H,21,22). The van der Waals surface area contributed by atoms with Crippen LogP contribution in [0.4, 0.5) is 11.4 Å². The Morgan fingerprint density at radius 3 is 2.22 bits per heavy atom. The first-order valence-electron chi connectivity index (χ1n) is 8.07. The molecular formula is C19H22N2O6. The van der Waals surface area contributed by atoms with Crippen molar-refractivity contribution in [1.29, 1.82) is 0 Å². The summed E-state index contributed by atoms with van der Waals surface area (Å²) in [6, 6.07) is 9.45. The minimum absolute atomic E-state index is 0.215. The van der Waals surface area contributed by atoms with E-state index >= 15 is 0 Å². The van der Waals surface area contributed by atoms with Gasteiger partial charge in [0.15, 0.2) is 6.10 Å². The van der Waals surface area contributed by atoms with Gasteiger partial charge in [0, 0.05) is 6.07 Å². The van der Waals surface area contributed by atoms with Crippen molar-refractivity contribution in [2.45, 2.75) is 13.0 Å². The maximum Gasteiger partial charge on any atom is 0.338 e. The van der Waals surface area contributed by atoms with Crippen LogP contribution in [0.2, 0.25) is 0 Å². The van der Waals surface area contributed by atoms with E-state index in [4.69, 9.17) is 24.7 Å². The van der Waals surface area contributed by atoms with Crippen LogP contribution >= 0.6 is 0 Å². The number of amides is 1. The third kappa shape index (κ3) is 4.81. The molecule has 0 aromatic heterocycles. The van der Waals surface area contributed by atoms with Crippen LogP contribution in [0, 0.1) is 0 Å². The number of nitrogen functional groups attached to an aromatic ring is 1. The Hall–Kier alpha value is -3.42. The van der Waals surface area contributed by atoms with Crippen LogP contribution in [0.3, 0.4) is 0 Å². The van der Waals surface area contributed by atoms with Gasteiger partial charge in [-0.2, -0.15) is 0 Å². The number of benzene rings is 2. The molecule has 1 unspecified atom stereocenters. The van der Waals surface area contributed by atoms with Crippen LogP contribution < -0.4 is 25.3 Å². The number of nitrogens with two attached hydrogens (primary N) is 1. The number of anilines is 2. The topological polar surface area (TPSA) is 109 Å². The van der Waals surface area contributed by atoms with Gasteiger partial charge in [0.05, 0.1) is 38.3 Å². The molecule has 1 amide bonds. The van der Waals surface area contributed by atoms with Crippen molar-refractivity contribution in [1.82, 2.24) is 0 Å². The summed E-state index contributed by atoms with van der Waals surface area (Å²) < 4.78 is 20.6. The molecule has 0 spiro atoms. The minimum Gasteiger partial charge on any atom is -0.497 e. The highest BCUT2D eigenvalue weighted by molar-refractivity contribution is 5.98. The fraction of sp³-hybridized carbons (Fsp3) is 0.263. The Bertz CT molecular complexity index is 837. The van der Waals surface area contributed by atoms with Crippen molar-refractivity contribution in [3.8, 4) is 17.2 Å². The lowest BCUT2D eigenvalue weighted by Crippen LogP contribution is -2.30. The number of ether oxygens (including phenoxy) is 4. The fourth-order valence-electron chi connectivity index (χ4n) is 2.29. The summed E-state index contributed by atoms with van der Waals surface area (Å²) in [7, 11) is 4.47. The summed E-state index contributed by atoms with van der Waals surface area (Å²) in [4.78, 5) is 24.6. The van der Waals surface area contributed by atoms with E-state index in [-0.39, 0.29) is 5.56 Å². The largest absolute Gasteiger partial charge is 0.497 e. The Balaban J connectivity index is 2.07. The molecule has 0 heterocycles. The number of methoxy groups -OCH3 is 3. The quantitative estimate of drug-likeness (QED) is 0.566. The molecule has 8 heteroatoms. The summed E-state index contributed by atoms with van der Waals surface area (Å²) in [5.41, 5.74) is 6.70. The van der Waals surface area contributed by atoms with Crippen LogP contribution in [-0.2, 0) is 9.53 Å². The highest BCUT2D eigenvalue weighted by atomic mass is 16.5. The van der Waals surface area contributed by atoms with Gasteiger partial charge in [-0.05, 0) is 37.3 Å². The van der Waals surface area contributed by atoms with Crippen molar-refractivity contribution < 1.29 is 28.5 Å². The first-order chi connectivity index (χ1) is 12.9. The molecular weight excluding hydrogens is 352 g/mol. The molecule has 144 valence electrons. The van der Waals surface area contributed by atoms with Crippen molar-refractivity contribution in [3.63, 3.8) is 0 Å². The van der Waals surface area contributed by atoms with Gasteiger partial charge in [0.25, 0.3) is 5.91 Å². The van der Waals surface area contributed by atoms with Gasteiger partial charge in [-0.15, -0.1) is 0 Å². The molecule has 0 aliphatic rings. The Morgan fingerprint density at radius 1 is 0.963 bits per heavy atom. The van der Waals surface area contributed by atoms with Crippen molar-refractivity contribution >= 4 is 23.3 Å². The van der Waals surface area contributed by atoms with E-state index in [2.05, 4.69) is 5.32 Å². The van der Waals surface area contributed by atoms with Gasteiger partial charge in [-0.25, -0.2) is 4.79 Å². The maximum absolute atomic E-state index is 12.4. The SMILES string of the molecule is COc1ccc(OC)c(NC(=O)C(C)OC(=O)c2ccc(OC)c(N)c2)c1. The summed E-state index contributed by atoms with van der Waals surface area (Å²) in [5, 5.41) is 2.66. The molecule has 0 saturated heterocycles. The average molecular weight is 374 g/mol. The van der Waals surface area contributed by atoms with Crippen molar-refractivity contribution in [3.05, 3.63) is 42.0 Å². The molecule has 0 radical (unpaired) electrons. The number of carbonyl (C=O) groups excluding carboxylic acids is 2. The average Bonchev–Trinajstić information content (AvgIpc) is 2.67. The molecule has 8 nitrogen and oxygen atoms in total. The second kappa shape index (κ2) is 8.79. The van der Waals surface area contributed by atoms with Crippen LogP contribution in [0.25, 0.3) is 0 Å². The third-order valence-electron chi connectivity index (χ3n) is 3.78. The van der Waals surface area contributed by atoms with Crippen molar-refractivity contribution in [2.24, 2.45) is 0 Å².